The molecule has 0 saturated carbocycles. The van der Waals surface area contributed by atoms with Crippen LogP contribution in [-0.4, -0.2) is 28.2 Å². The third-order valence-electron chi connectivity index (χ3n) is 2.83. The molecule has 0 atom stereocenters. The van der Waals surface area contributed by atoms with Gasteiger partial charge in [-0.3, -0.25) is 5.32 Å². The number of benzene rings is 1. The maximum absolute atomic E-state index is 11.8. The lowest BCUT2D eigenvalue weighted by molar-refractivity contribution is -0.137. The average molecular weight is 370 g/mol. The number of nitrogens with one attached hydrogen (secondary N) is 2. The van der Waals surface area contributed by atoms with E-state index in [2.05, 4.69) is 37.6 Å². The number of anilines is 1. The summed E-state index contributed by atoms with van der Waals surface area (Å²) in [7, 11) is 1.28. The highest BCUT2D eigenvalue weighted by molar-refractivity contribution is 7.80. The van der Waals surface area contributed by atoms with Crippen molar-refractivity contribution in [3.63, 3.8) is 0 Å². The van der Waals surface area contributed by atoms with Gasteiger partial charge in [0.1, 0.15) is 0 Å². The number of aromatic nitrogens is 3. The molecule has 25 heavy (non-hydrogen) atoms. The fourth-order valence-electron chi connectivity index (χ4n) is 1.72. The summed E-state index contributed by atoms with van der Waals surface area (Å²) in [6.07, 6.45) is -3.21. The fourth-order valence-corrected chi connectivity index (χ4v) is 1.91. The first kappa shape index (κ1) is 18.6. The number of hydrogen-bond acceptors (Lipinski definition) is 5. The highest BCUT2D eigenvalue weighted by Gasteiger charge is 2.29. The number of thiol groups is 1. The van der Waals surface area contributed by atoms with Crippen molar-refractivity contribution in [1.29, 1.82) is 0 Å². The standard InChI is InChI=1S/C8H8N4O2S.C7H5F3/c1-14-8(13)12-7-10-5-2-4(15)3-9-6(5)11-7;8-7(9,10)6-4-2-1-3-5-6/h2-3,15H,1H3,(H2,9,10,11,12,13);1-5H. The van der Waals surface area contributed by atoms with Gasteiger partial charge in [-0.1, -0.05) is 30.3 Å². The number of pyridine rings is 1. The third kappa shape index (κ3) is 5.38. The molecular weight excluding hydrogens is 357 g/mol. The van der Waals surface area contributed by atoms with Gasteiger partial charge in [0, 0.05) is 11.1 Å². The number of fused-ring (bicyclic) bond motifs is 1. The van der Waals surface area contributed by atoms with Gasteiger partial charge in [0.2, 0.25) is 5.95 Å². The lowest BCUT2D eigenvalue weighted by Gasteiger charge is -2.03. The third-order valence-corrected chi connectivity index (χ3v) is 3.07. The molecule has 132 valence electrons. The van der Waals surface area contributed by atoms with Gasteiger partial charge in [0.25, 0.3) is 0 Å². The maximum atomic E-state index is 11.8. The first-order chi connectivity index (χ1) is 11.8. The number of methoxy groups -OCH3 is 1. The van der Waals surface area contributed by atoms with Crippen LogP contribution < -0.4 is 5.32 Å². The molecule has 2 heterocycles. The molecule has 6 nitrogen and oxygen atoms in total. The Labute approximate surface area is 145 Å². The summed E-state index contributed by atoms with van der Waals surface area (Å²) in [5.41, 5.74) is 0.614. The molecule has 3 aromatic rings. The number of nitrogens with zero attached hydrogens (tertiary/aromatic N) is 2. The number of alkyl halides is 3. The van der Waals surface area contributed by atoms with Gasteiger partial charge in [-0.2, -0.15) is 18.2 Å². The van der Waals surface area contributed by atoms with Gasteiger partial charge < -0.3 is 9.72 Å². The number of amides is 1. The maximum Gasteiger partial charge on any atom is 0.416 e. The van der Waals surface area contributed by atoms with Crippen molar-refractivity contribution in [2.24, 2.45) is 0 Å². The predicted octanol–water partition coefficient (Wildman–Crippen LogP) is 4.13. The van der Waals surface area contributed by atoms with Gasteiger partial charge in [0.05, 0.1) is 18.2 Å². The topological polar surface area (TPSA) is 79.9 Å². The van der Waals surface area contributed by atoms with Crippen molar-refractivity contribution in [2.75, 3.05) is 12.4 Å². The molecule has 0 aliphatic rings. The van der Waals surface area contributed by atoms with Crippen LogP contribution in [0.15, 0.2) is 47.5 Å². The summed E-state index contributed by atoms with van der Waals surface area (Å²) >= 11 is 4.14. The molecule has 0 aliphatic heterocycles. The molecule has 0 radical (unpaired) electrons. The van der Waals surface area contributed by atoms with Gasteiger partial charge in [0.15, 0.2) is 5.65 Å². The molecule has 1 amide bonds. The highest BCUT2D eigenvalue weighted by atomic mass is 32.1. The van der Waals surface area contributed by atoms with Crippen LogP contribution in [0.2, 0.25) is 0 Å². The van der Waals surface area contributed by atoms with E-state index in [1.54, 1.807) is 18.3 Å². The smallest absolute Gasteiger partial charge is 0.416 e. The highest BCUT2D eigenvalue weighted by Crippen LogP contribution is 2.28. The van der Waals surface area contributed by atoms with Crippen LogP contribution in [0.25, 0.3) is 11.2 Å². The Bertz CT molecular complexity index is 853. The molecule has 0 spiro atoms. The van der Waals surface area contributed by atoms with Crippen LogP contribution in [0.5, 0.6) is 0 Å². The SMILES string of the molecule is COC(=O)Nc1nc2ncc(S)cc2[nH]1.FC(F)(F)c1ccccc1. The summed E-state index contributed by atoms with van der Waals surface area (Å²) in [5.74, 6) is 0.295. The molecule has 1 aromatic carbocycles. The Balaban J connectivity index is 0.000000196. The van der Waals surface area contributed by atoms with Crippen molar-refractivity contribution >= 4 is 35.8 Å². The number of hydrogen-bond donors (Lipinski definition) is 3. The summed E-state index contributed by atoms with van der Waals surface area (Å²) in [4.78, 5) is 22.5. The number of imidazole rings is 1. The largest absolute Gasteiger partial charge is 0.453 e. The monoisotopic (exact) mass is 370 g/mol. The van der Waals surface area contributed by atoms with Gasteiger partial charge in [-0.15, -0.1) is 12.6 Å². The Morgan fingerprint density at radius 1 is 1.28 bits per heavy atom. The molecule has 0 fully saturated rings. The fraction of sp³-hybridized carbons (Fsp3) is 0.133. The second kappa shape index (κ2) is 7.88. The lowest BCUT2D eigenvalue weighted by Crippen LogP contribution is -2.11. The normalized spacial score (nSPS) is 10.8. The number of carbonyl (C=O) groups is 1. The summed E-state index contributed by atoms with van der Waals surface area (Å²) in [6.45, 7) is 0. The van der Waals surface area contributed by atoms with Crippen LogP contribution >= 0.6 is 12.6 Å². The minimum atomic E-state index is -4.21. The van der Waals surface area contributed by atoms with E-state index in [1.807, 2.05) is 0 Å². The van der Waals surface area contributed by atoms with Crippen LogP contribution in [0.3, 0.4) is 0 Å². The molecule has 3 rings (SSSR count). The molecule has 0 saturated heterocycles. The van der Waals surface area contributed by atoms with Crippen molar-refractivity contribution in [3.8, 4) is 0 Å². The van der Waals surface area contributed by atoms with E-state index in [0.29, 0.717) is 17.1 Å². The van der Waals surface area contributed by atoms with Crippen LogP contribution in [0, 0.1) is 0 Å². The van der Waals surface area contributed by atoms with E-state index >= 15 is 0 Å². The minimum Gasteiger partial charge on any atom is -0.453 e. The van der Waals surface area contributed by atoms with Crippen molar-refractivity contribution < 1.29 is 22.7 Å². The molecule has 2 N–H and O–H groups in total. The van der Waals surface area contributed by atoms with Crippen molar-refractivity contribution in [1.82, 2.24) is 15.0 Å². The first-order valence-corrected chi connectivity index (χ1v) is 7.26. The number of rotatable bonds is 1. The number of carbonyl (C=O) groups excluding carboxylic acids is 1. The van der Waals surface area contributed by atoms with Gasteiger partial charge in [-0.05, 0) is 6.07 Å². The van der Waals surface area contributed by atoms with E-state index in [4.69, 9.17) is 0 Å². The molecule has 0 bridgehead atoms. The Hall–Kier alpha value is -2.75. The minimum absolute atomic E-state index is 0.295. The Kier molecular flexibility index (Phi) is 5.86. The predicted molar refractivity (Wildman–Crippen MR) is 88.6 cm³/mol. The Morgan fingerprint density at radius 2 is 1.96 bits per heavy atom. The molecule has 0 aliphatic carbocycles. The van der Waals surface area contributed by atoms with E-state index in [0.717, 1.165) is 17.0 Å². The molecule has 2 aromatic heterocycles. The van der Waals surface area contributed by atoms with Crippen LogP contribution in [0.4, 0.5) is 23.9 Å². The summed E-state index contributed by atoms with van der Waals surface area (Å²) < 4.78 is 39.8. The van der Waals surface area contributed by atoms with E-state index in [9.17, 15) is 18.0 Å². The first-order valence-electron chi connectivity index (χ1n) is 6.81. The summed E-state index contributed by atoms with van der Waals surface area (Å²) in [5, 5.41) is 2.41. The zero-order chi connectivity index (χ0) is 18.4. The Morgan fingerprint density at radius 3 is 2.52 bits per heavy atom. The average Bonchev–Trinajstić information content (AvgIpc) is 2.96. The summed E-state index contributed by atoms with van der Waals surface area (Å²) in [6, 6.07) is 8.13. The van der Waals surface area contributed by atoms with E-state index < -0.39 is 17.8 Å². The zero-order valence-electron chi connectivity index (χ0n) is 12.8. The molecule has 10 heteroatoms. The number of aromatic amines is 1. The lowest BCUT2D eigenvalue weighted by atomic mass is 10.2. The van der Waals surface area contributed by atoms with E-state index in [-0.39, 0.29) is 0 Å². The number of ether oxygens (including phenoxy) is 1. The molecular formula is C15H13F3N4O2S. The van der Waals surface area contributed by atoms with Gasteiger partial charge >= 0.3 is 12.3 Å². The second-order valence-electron chi connectivity index (χ2n) is 4.63. The van der Waals surface area contributed by atoms with Crippen molar-refractivity contribution in [3.05, 3.63) is 48.2 Å². The van der Waals surface area contributed by atoms with E-state index in [1.165, 1.54) is 19.2 Å². The second-order valence-corrected chi connectivity index (χ2v) is 5.15. The quantitative estimate of drug-likeness (QED) is 0.563. The zero-order valence-corrected chi connectivity index (χ0v) is 13.7. The van der Waals surface area contributed by atoms with Crippen molar-refractivity contribution in [2.45, 2.75) is 11.1 Å². The molecule has 0 unspecified atom stereocenters. The van der Waals surface area contributed by atoms with Crippen LogP contribution in [0.1, 0.15) is 5.56 Å². The number of halogens is 3. The van der Waals surface area contributed by atoms with Gasteiger partial charge in [-0.25, -0.2) is 9.78 Å². The van der Waals surface area contributed by atoms with Crippen LogP contribution in [-0.2, 0) is 10.9 Å². The number of H-pyrrole nitrogens is 1.